The lowest BCUT2D eigenvalue weighted by molar-refractivity contribution is 0.598. The average Bonchev–Trinajstić information content (AvgIpc) is 2.40. The van der Waals surface area contributed by atoms with Crippen LogP contribution in [0.5, 0.6) is 0 Å². The predicted octanol–water partition coefficient (Wildman–Crippen LogP) is 2.53. The molecule has 0 saturated carbocycles. The Balaban J connectivity index is 2.42. The summed E-state index contributed by atoms with van der Waals surface area (Å²) in [6, 6.07) is 6.97. The Morgan fingerprint density at radius 3 is 2.33 bits per heavy atom. The van der Waals surface area contributed by atoms with E-state index in [2.05, 4.69) is 4.72 Å². The fourth-order valence-corrected chi connectivity index (χ4v) is 3.27. The lowest BCUT2D eigenvalue weighted by atomic mass is 10.2. The fraction of sp³-hybridized carbons (Fsp3) is 0.143. The summed E-state index contributed by atoms with van der Waals surface area (Å²) in [5.41, 5.74) is 6.28. The maximum Gasteiger partial charge on any atom is 0.262 e. The Kier molecular flexibility index (Phi) is 4.24. The molecule has 4 nitrogen and oxygen atoms in total. The zero-order valence-corrected chi connectivity index (χ0v) is 12.0. The molecule has 0 fully saturated rings. The van der Waals surface area contributed by atoms with Gasteiger partial charge in [-0.15, -0.1) is 0 Å². The summed E-state index contributed by atoms with van der Waals surface area (Å²) >= 11 is 0. The number of hydrogen-bond acceptors (Lipinski definition) is 3. The number of halogens is 2. The van der Waals surface area contributed by atoms with Crippen LogP contribution in [0.3, 0.4) is 0 Å². The van der Waals surface area contributed by atoms with Crippen molar-refractivity contribution in [2.45, 2.75) is 18.4 Å². The van der Waals surface area contributed by atoms with E-state index in [4.69, 9.17) is 5.73 Å². The summed E-state index contributed by atoms with van der Waals surface area (Å²) in [6.45, 7) is 1.48. The Morgan fingerprint density at radius 1 is 1.10 bits per heavy atom. The minimum absolute atomic E-state index is 0.0159. The van der Waals surface area contributed by atoms with Gasteiger partial charge < -0.3 is 5.73 Å². The van der Waals surface area contributed by atoms with Gasteiger partial charge in [0.05, 0.1) is 10.6 Å². The fourth-order valence-electron chi connectivity index (χ4n) is 1.94. The molecule has 0 amide bonds. The molecular weight excluding hydrogens is 298 g/mol. The molecule has 2 aromatic carbocycles. The largest absolute Gasteiger partial charge is 0.326 e. The molecule has 0 atom stereocenters. The molecule has 0 radical (unpaired) electrons. The molecule has 0 heterocycles. The molecule has 21 heavy (non-hydrogen) atoms. The van der Waals surface area contributed by atoms with Crippen molar-refractivity contribution >= 4 is 15.7 Å². The number of nitrogens with one attached hydrogen (secondary N) is 1. The first kappa shape index (κ1) is 15.4. The minimum atomic E-state index is -3.90. The smallest absolute Gasteiger partial charge is 0.262 e. The zero-order valence-electron chi connectivity index (χ0n) is 11.2. The number of sulfonamides is 1. The molecule has 0 saturated heterocycles. The maximum atomic E-state index is 13.1. The van der Waals surface area contributed by atoms with Gasteiger partial charge in [0, 0.05) is 6.54 Å². The third-order valence-corrected chi connectivity index (χ3v) is 4.48. The van der Waals surface area contributed by atoms with Crippen molar-refractivity contribution in [1.82, 2.24) is 0 Å². The molecule has 3 N–H and O–H groups in total. The van der Waals surface area contributed by atoms with Gasteiger partial charge >= 0.3 is 0 Å². The van der Waals surface area contributed by atoms with Gasteiger partial charge in [0.15, 0.2) is 0 Å². The van der Waals surface area contributed by atoms with Gasteiger partial charge in [0.2, 0.25) is 0 Å². The van der Waals surface area contributed by atoms with Crippen molar-refractivity contribution in [2.75, 3.05) is 4.72 Å². The maximum absolute atomic E-state index is 13.1. The summed E-state index contributed by atoms with van der Waals surface area (Å²) in [5.74, 6) is -1.02. The van der Waals surface area contributed by atoms with Gasteiger partial charge in [-0.2, -0.15) is 0 Å². The highest BCUT2D eigenvalue weighted by molar-refractivity contribution is 7.92. The van der Waals surface area contributed by atoms with Gasteiger partial charge in [-0.3, -0.25) is 4.72 Å². The number of anilines is 1. The van der Waals surface area contributed by atoms with Crippen LogP contribution in [0.4, 0.5) is 14.5 Å². The van der Waals surface area contributed by atoms with E-state index in [0.29, 0.717) is 5.56 Å². The van der Waals surface area contributed by atoms with Crippen LogP contribution in [0.1, 0.15) is 11.1 Å². The highest BCUT2D eigenvalue weighted by Crippen LogP contribution is 2.23. The highest BCUT2D eigenvalue weighted by Gasteiger charge is 2.18. The number of nitrogens with two attached hydrogens (primary N) is 1. The molecule has 112 valence electrons. The molecule has 0 aliphatic carbocycles. The summed E-state index contributed by atoms with van der Waals surface area (Å²) in [7, 11) is -3.90. The van der Waals surface area contributed by atoms with E-state index in [-0.39, 0.29) is 22.7 Å². The monoisotopic (exact) mass is 312 g/mol. The van der Waals surface area contributed by atoms with E-state index in [9.17, 15) is 17.2 Å². The molecule has 0 aliphatic heterocycles. The van der Waals surface area contributed by atoms with E-state index in [1.807, 2.05) is 0 Å². The summed E-state index contributed by atoms with van der Waals surface area (Å²) in [6.07, 6.45) is 0. The first-order chi connectivity index (χ1) is 9.83. The Morgan fingerprint density at radius 2 is 1.71 bits per heavy atom. The Hall–Kier alpha value is -1.99. The van der Waals surface area contributed by atoms with Gasteiger partial charge in [-0.05, 0) is 54.4 Å². The predicted molar refractivity (Wildman–Crippen MR) is 76.2 cm³/mol. The minimum Gasteiger partial charge on any atom is -0.326 e. The van der Waals surface area contributed by atoms with Crippen LogP contribution in [0.2, 0.25) is 0 Å². The SMILES string of the molecule is Cc1cc(F)ccc1S(=O)(=O)Nc1ccc(F)cc1CN. The van der Waals surface area contributed by atoms with E-state index in [1.54, 1.807) is 0 Å². The summed E-state index contributed by atoms with van der Waals surface area (Å²) in [5, 5.41) is 0. The zero-order chi connectivity index (χ0) is 15.6. The molecule has 0 spiro atoms. The van der Waals surface area contributed by atoms with Crippen molar-refractivity contribution < 1.29 is 17.2 Å². The quantitative estimate of drug-likeness (QED) is 0.911. The van der Waals surface area contributed by atoms with Crippen LogP contribution in [0.15, 0.2) is 41.3 Å². The van der Waals surface area contributed by atoms with E-state index >= 15 is 0 Å². The molecule has 7 heteroatoms. The molecule has 0 bridgehead atoms. The summed E-state index contributed by atoms with van der Waals surface area (Å²) < 4.78 is 53.2. The van der Waals surface area contributed by atoms with Gasteiger partial charge in [-0.1, -0.05) is 0 Å². The number of rotatable bonds is 4. The highest BCUT2D eigenvalue weighted by atomic mass is 32.2. The first-order valence-corrected chi connectivity index (χ1v) is 7.59. The van der Waals surface area contributed by atoms with Crippen molar-refractivity contribution in [2.24, 2.45) is 5.73 Å². The van der Waals surface area contributed by atoms with E-state index < -0.39 is 21.7 Å². The molecule has 0 aromatic heterocycles. The number of hydrogen-bond donors (Lipinski definition) is 2. The van der Waals surface area contributed by atoms with Crippen LogP contribution in [-0.4, -0.2) is 8.42 Å². The van der Waals surface area contributed by atoms with Crippen molar-refractivity contribution in [1.29, 1.82) is 0 Å². The van der Waals surface area contributed by atoms with E-state index in [0.717, 1.165) is 24.3 Å². The van der Waals surface area contributed by atoms with Crippen LogP contribution in [0, 0.1) is 18.6 Å². The second-order valence-corrected chi connectivity index (χ2v) is 6.17. The first-order valence-electron chi connectivity index (χ1n) is 6.11. The average molecular weight is 312 g/mol. The molecule has 2 rings (SSSR count). The van der Waals surface area contributed by atoms with Crippen LogP contribution in [-0.2, 0) is 16.6 Å². The van der Waals surface area contributed by atoms with Gasteiger partial charge in [-0.25, -0.2) is 17.2 Å². The normalized spacial score (nSPS) is 11.4. The number of aryl methyl sites for hydroxylation is 1. The molecule has 2 aromatic rings. The Bertz CT molecular complexity index is 777. The lowest BCUT2D eigenvalue weighted by Crippen LogP contribution is -2.16. The van der Waals surface area contributed by atoms with Crippen LogP contribution in [0.25, 0.3) is 0 Å². The van der Waals surface area contributed by atoms with Gasteiger partial charge in [0.1, 0.15) is 11.6 Å². The van der Waals surface area contributed by atoms with Crippen molar-refractivity contribution in [3.8, 4) is 0 Å². The third kappa shape index (κ3) is 3.37. The van der Waals surface area contributed by atoms with Crippen molar-refractivity contribution in [3.05, 3.63) is 59.2 Å². The van der Waals surface area contributed by atoms with Crippen LogP contribution < -0.4 is 10.5 Å². The standard InChI is InChI=1S/C14H14F2N2O2S/c1-9-6-11(15)3-5-14(9)21(19,20)18-13-4-2-12(16)7-10(13)8-17/h2-7,18H,8,17H2,1H3. The lowest BCUT2D eigenvalue weighted by Gasteiger charge is -2.13. The van der Waals surface area contributed by atoms with Crippen molar-refractivity contribution in [3.63, 3.8) is 0 Å². The molecule has 0 aliphatic rings. The third-order valence-electron chi connectivity index (χ3n) is 2.96. The van der Waals surface area contributed by atoms with Crippen LogP contribution >= 0.6 is 0 Å². The second kappa shape index (κ2) is 5.79. The molecular formula is C14H14F2N2O2S. The van der Waals surface area contributed by atoms with Gasteiger partial charge in [0.25, 0.3) is 10.0 Å². The topological polar surface area (TPSA) is 72.2 Å². The number of benzene rings is 2. The molecule has 0 unspecified atom stereocenters. The van der Waals surface area contributed by atoms with E-state index in [1.165, 1.54) is 19.1 Å². The Labute approximate surface area is 121 Å². The summed E-state index contributed by atoms with van der Waals surface area (Å²) in [4.78, 5) is -0.0452. The second-order valence-electron chi connectivity index (χ2n) is 4.52.